The lowest BCUT2D eigenvalue weighted by Crippen LogP contribution is -2.27. The summed E-state index contributed by atoms with van der Waals surface area (Å²) in [6.07, 6.45) is 7.54. The molecule has 1 saturated heterocycles. The minimum atomic E-state index is -0.336. The molecule has 3 rings (SSSR count). The van der Waals surface area contributed by atoms with Crippen molar-refractivity contribution in [3.05, 3.63) is 24.0 Å². The molecule has 1 aliphatic carbocycles. The summed E-state index contributed by atoms with van der Waals surface area (Å²) in [6.45, 7) is 0.744. The third kappa shape index (κ3) is 2.75. The molecule has 110 valence electrons. The van der Waals surface area contributed by atoms with Crippen LogP contribution in [0.15, 0.2) is 18.2 Å². The highest BCUT2D eigenvalue weighted by molar-refractivity contribution is 5.47. The van der Waals surface area contributed by atoms with Crippen LogP contribution in [0.2, 0.25) is 0 Å². The largest absolute Gasteiger partial charge is 0.494 e. The second-order valence-corrected chi connectivity index (χ2v) is 5.90. The Morgan fingerprint density at radius 3 is 2.85 bits per heavy atom. The van der Waals surface area contributed by atoms with Gasteiger partial charge in [-0.1, -0.05) is 12.8 Å². The van der Waals surface area contributed by atoms with Crippen molar-refractivity contribution in [3.63, 3.8) is 0 Å². The minimum absolute atomic E-state index is 0.164. The third-order valence-corrected chi connectivity index (χ3v) is 4.54. The fourth-order valence-electron chi connectivity index (χ4n) is 3.43. The molecule has 1 spiro atoms. The van der Waals surface area contributed by atoms with Gasteiger partial charge < -0.3 is 14.8 Å². The number of anilines is 1. The Labute approximate surface area is 119 Å². The zero-order valence-electron chi connectivity index (χ0n) is 12.0. The highest BCUT2D eigenvalue weighted by Crippen LogP contribution is 2.43. The average molecular weight is 279 g/mol. The van der Waals surface area contributed by atoms with Gasteiger partial charge in [0.1, 0.15) is 0 Å². The fourth-order valence-corrected chi connectivity index (χ4v) is 3.43. The Bertz CT molecular complexity index is 472. The summed E-state index contributed by atoms with van der Waals surface area (Å²) >= 11 is 0. The van der Waals surface area contributed by atoms with E-state index in [1.54, 1.807) is 6.07 Å². The molecular weight excluding hydrogens is 257 g/mol. The van der Waals surface area contributed by atoms with Crippen molar-refractivity contribution in [2.24, 2.45) is 0 Å². The Kier molecular flexibility index (Phi) is 3.83. The van der Waals surface area contributed by atoms with Crippen molar-refractivity contribution < 1.29 is 13.9 Å². The second kappa shape index (κ2) is 5.60. The minimum Gasteiger partial charge on any atom is -0.494 e. The number of rotatable bonds is 4. The van der Waals surface area contributed by atoms with Crippen LogP contribution in [0.4, 0.5) is 10.1 Å². The van der Waals surface area contributed by atoms with E-state index in [4.69, 9.17) is 9.47 Å². The maximum Gasteiger partial charge on any atom is 0.167 e. The molecule has 2 fully saturated rings. The van der Waals surface area contributed by atoms with E-state index in [1.807, 2.05) is 6.07 Å². The van der Waals surface area contributed by atoms with Crippen LogP contribution >= 0.6 is 0 Å². The summed E-state index contributed by atoms with van der Waals surface area (Å²) in [7, 11) is 1.47. The maximum absolute atomic E-state index is 13.6. The van der Waals surface area contributed by atoms with E-state index in [-0.39, 0.29) is 23.3 Å². The highest BCUT2D eigenvalue weighted by Gasteiger charge is 2.41. The molecule has 0 bridgehead atoms. The van der Waals surface area contributed by atoms with Crippen LogP contribution in [0.25, 0.3) is 0 Å². The Morgan fingerprint density at radius 1 is 1.35 bits per heavy atom. The summed E-state index contributed by atoms with van der Waals surface area (Å²) in [6, 6.07) is 4.95. The van der Waals surface area contributed by atoms with Crippen LogP contribution in [0.1, 0.15) is 38.5 Å². The molecule has 1 aliphatic heterocycles. The zero-order valence-corrected chi connectivity index (χ0v) is 12.0. The van der Waals surface area contributed by atoms with E-state index >= 15 is 0 Å². The molecule has 0 aromatic heterocycles. The lowest BCUT2D eigenvalue weighted by Gasteiger charge is -2.24. The first kappa shape index (κ1) is 13.7. The Morgan fingerprint density at radius 2 is 2.15 bits per heavy atom. The number of methoxy groups -OCH3 is 1. The number of benzene rings is 1. The third-order valence-electron chi connectivity index (χ3n) is 4.54. The summed E-state index contributed by atoms with van der Waals surface area (Å²) in [5.74, 6) is -0.0605. The predicted molar refractivity (Wildman–Crippen MR) is 76.7 cm³/mol. The quantitative estimate of drug-likeness (QED) is 0.910. The standard InChI is InChI=1S/C16H22FNO2/c1-19-15-5-4-12(10-14(15)17)18-11-13-6-9-16(20-13)7-2-3-8-16/h4-5,10,13,18H,2-3,6-9,11H2,1H3. The van der Waals surface area contributed by atoms with Crippen molar-refractivity contribution in [1.29, 1.82) is 0 Å². The summed E-state index contributed by atoms with van der Waals surface area (Å²) in [4.78, 5) is 0. The number of hydrogen-bond donors (Lipinski definition) is 1. The SMILES string of the molecule is COc1ccc(NCC2CCC3(CCCC3)O2)cc1F. The number of nitrogens with one attached hydrogen (secondary N) is 1. The van der Waals surface area contributed by atoms with E-state index in [2.05, 4.69) is 5.32 Å². The van der Waals surface area contributed by atoms with Gasteiger partial charge in [0.2, 0.25) is 0 Å². The monoisotopic (exact) mass is 279 g/mol. The van der Waals surface area contributed by atoms with Gasteiger partial charge in [-0.3, -0.25) is 0 Å². The van der Waals surface area contributed by atoms with Gasteiger partial charge in [0, 0.05) is 18.3 Å². The van der Waals surface area contributed by atoms with E-state index in [9.17, 15) is 4.39 Å². The molecule has 1 atom stereocenters. The Balaban J connectivity index is 1.54. The molecule has 1 unspecified atom stereocenters. The number of ether oxygens (including phenoxy) is 2. The van der Waals surface area contributed by atoms with Crippen molar-refractivity contribution in [2.75, 3.05) is 19.0 Å². The van der Waals surface area contributed by atoms with Crippen LogP contribution in [-0.2, 0) is 4.74 Å². The van der Waals surface area contributed by atoms with E-state index in [1.165, 1.54) is 45.3 Å². The van der Waals surface area contributed by atoms with Crippen molar-refractivity contribution in [2.45, 2.75) is 50.2 Å². The van der Waals surface area contributed by atoms with Crippen LogP contribution < -0.4 is 10.1 Å². The number of halogens is 1. The van der Waals surface area contributed by atoms with Gasteiger partial charge >= 0.3 is 0 Å². The van der Waals surface area contributed by atoms with E-state index in [0.29, 0.717) is 0 Å². The van der Waals surface area contributed by atoms with E-state index in [0.717, 1.165) is 18.7 Å². The van der Waals surface area contributed by atoms with Gasteiger partial charge in [-0.05, 0) is 37.8 Å². The maximum atomic E-state index is 13.6. The molecule has 1 aromatic rings. The molecule has 1 N–H and O–H groups in total. The molecular formula is C16H22FNO2. The van der Waals surface area contributed by atoms with Crippen LogP contribution in [0.3, 0.4) is 0 Å². The van der Waals surface area contributed by atoms with Gasteiger partial charge in [-0.2, -0.15) is 0 Å². The topological polar surface area (TPSA) is 30.5 Å². The lowest BCUT2D eigenvalue weighted by atomic mass is 9.98. The van der Waals surface area contributed by atoms with Gasteiger partial charge in [0.15, 0.2) is 11.6 Å². The summed E-state index contributed by atoms with van der Waals surface area (Å²) in [5, 5.41) is 3.26. The molecule has 1 aromatic carbocycles. The molecule has 1 saturated carbocycles. The smallest absolute Gasteiger partial charge is 0.167 e. The zero-order chi connectivity index (χ0) is 14.0. The second-order valence-electron chi connectivity index (χ2n) is 5.90. The first-order chi connectivity index (χ1) is 9.71. The highest BCUT2D eigenvalue weighted by atomic mass is 19.1. The van der Waals surface area contributed by atoms with Gasteiger partial charge in [-0.25, -0.2) is 4.39 Å². The molecule has 0 amide bonds. The molecule has 0 radical (unpaired) electrons. The van der Waals surface area contributed by atoms with Crippen LogP contribution in [0, 0.1) is 5.82 Å². The van der Waals surface area contributed by atoms with Gasteiger partial charge in [0.05, 0.1) is 18.8 Å². The summed E-state index contributed by atoms with van der Waals surface area (Å²) < 4.78 is 24.7. The van der Waals surface area contributed by atoms with Crippen molar-refractivity contribution in [1.82, 2.24) is 0 Å². The molecule has 1 heterocycles. The predicted octanol–water partition coefficient (Wildman–Crippen LogP) is 3.74. The average Bonchev–Trinajstić information content (AvgIpc) is 3.07. The van der Waals surface area contributed by atoms with Crippen LogP contribution in [-0.4, -0.2) is 25.4 Å². The molecule has 2 aliphatic rings. The van der Waals surface area contributed by atoms with Crippen molar-refractivity contribution >= 4 is 5.69 Å². The lowest BCUT2D eigenvalue weighted by molar-refractivity contribution is -0.0307. The molecule has 20 heavy (non-hydrogen) atoms. The van der Waals surface area contributed by atoms with E-state index < -0.39 is 0 Å². The number of hydrogen-bond acceptors (Lipinski definition) is 3. The fraction of sp³-hybridized carbons (Fsp3) is 0.625. The van der Waals surface area contributed by atoms with Crippen LogP contribution in [0.5, 0.6) is 5.75 Å². The molecule has 3 nitrogen and oxygen atoms in total. The van der Waals surface area contributed by atoms with Gasteiger partial charge in [-0.15, -0.1) is 0 Å². The normalized spacial score (nSPS) is 24.2. The molecule has 4 heteroatoms. The first-order valence-electron chi connectivity index (χ1n) is 7.46. The first-order valence-corrected chi connectivity index (χ1v) is 7.46. The summed E-state index contributed by atoms with van der Waals surface area (Å²) in [5.41, 5.74) is 0.941. The van der Waals surface area contributed by atoms with Crippen molar-refractivity contribution in [3.8, 4) is 5.75 Å². The Hall–Kier alpha value is -1.29. The van der Waals surface area contributed by atoms with Gasteiger partial charge in [0.25, 0.3) is 0 Å².